The maximum Gasteiger partial charge on any atom is 0.306 e. The van der Waals surface area contributed by atoms with Crippen molar-refractivity contribution >= 4 is 13.8 Å². The van der Waals surface area contributed by atoms with Crippen molar-refractivity contribution in [3.63, 3.8) is 0 Å². The van der Waals surface area contributed by atoms with Crippen LogP contribution in [0.5, 0.6) is 0 Å². The van der Waals surface area contributed by atoms with Crippen LogP contribution in [-0.4, -0.2) is 70.7 Å². The van der Waals surface area contributed by atoms with Gasteiger partial charge in [0.05, 0.1) is 34.4 Å². The van der Waals surface area contributed by atoms with E-state index in [-0.39, 0.29) is 32.2 Å². The minimum Gasteiger partial charge on any atom is -0.756 e. The Morgan fingerprint density at radius 2 is 0.921 bits per heavy atom. The van der Waals surface area contributed by atoms with E-state index in [0.29, 0.717) is 17.6 Å². The SMILES string of the molecule is CC/C=C\C/C=C\C/C=C\C/C=C\C/C=C\C/C=C\CCCCCCCCC(=O)OC(COCCCCCCCC/C=C\C/C=C\CCCCC)COP(=O)([O-])OCC[N+](C)(C)C. The van der Waals surface area contributed by atoms with Gasteiger partial charge in [-0.2, -0.15) is 0 Å². The molecule has 0 aromatic heterocycles. The maximum absolute atomic E-state index is 12.7. The van der Waals surface area contributed by atoms with Gasteiger partial charge in [-0.15, -0.1) is 0 Å². The Hall–Kier alpha value is -2.58. The summed E-state index contributed by atoms with van der Waals surface area (Å²) in [7, 11) is 1.32. The van der Waals surface area contributed by atoms with Crippen molar-refractivity contribution in [2.45, 2.75) is 187 Å². The Morgan fingerprint density at radius 1 is 0.508 bits per heavy atom. The summed E-state index contributed by atoms with van der Waals surface area (Å²) in [5.41, 5.74) is 0. The predicted molar refractivity (Wildman–Crippen MR) is 268 cm³/mol. The van der Waals surface area contributed by atoms with Crippen molar-refractivity contribution in [3.8, 4) is 0 Å². The average Bonchev–Trinajstić information content (AvgIpc) is 3.24. The van der Waals surface area contributed by atoms with Gasteiger partial charge in [-0.25, -0.2) is 0 Å². The van der Waals surface area contributed by atoms with Crippen molar-refractivity contribution in [2.24, 2.45) is 0 Å². The molecule has 63 heavy (non-hydrogen) atoms. The highest BCUT2D eigenvalue weighted by atomic mass is 31.2. The third kappa shape index (κ3) is 50.3. The highest BCUT2D eigenvalue weighted by molar-refractivity contribution is 7.45. The number of unbranched alkanes of at least 4 members (excludes halogenated alkanes) is 15. The molecule has 0 aliphatic carbocycles. The number of hydrogen-bond acceptors (Lipinski definition) is 7. The molecule has 0 aliphatic heterocycles. The summed E-state index contributed by atoms with van der Waals surface area (Å²) in [5.74, 6) is -0.356. The number of nitrogens with zero attached hydrogens (tertiary/aromatic N) is 1. The van der Waals surface area contributed by atoms with Crippen LogP contribution in [0.3, 0.4) is 0 Å². The van der Waals surface area contributed by atoms with E-state index in [0.717, 1.165) is 103 Å². The van der Waals surface area contributed by atoms with E-state index in [2.05, 4.69) is 111 Å². The first kappa shape index (κ1) is 60.4. The van der Waals surface area contributed by atoms with Crippen molar-refractivity contribution in [2.75, 3.05) is 54.1 Å². The molecule has 0 heterocycles. The summed E-state index contributed by atoms with van der Waals surface area (Å²) >= 11 is 0. The fourth-order valence-electron chi connectivity index (χ4n) is 6.28. The smallest absolute Gasteiger partial charge is 0.306 e. The number of likely N-dealkylation sites (N-methyl/N-ethyl adjacent to an activating group) is 1. The number of ether oxygens (including phenoxy) is 2. The van der Waals surface area contributed by atoms with E-state index < -0.39 is 13.9 Å². The van der Waals surface area contributed by atoms with E-state index in [4.69, 9.17) is 18.5 Å². The van der Waals surface area contributed by atoms with Gasteiger partial charge in [0.1, 0.15) is 19.3 Å². The van der Waals surface area contributed by atoms with Gasteiger partial charge in [-0.1, -0.05) is 175 Å². The highest BCUT2D eigenvalue weighted by Gasteiger charge is 2.20. The molecule has 0 rings (SSSR count). The van der Waals surface area contributed by atoms with Crippen LogP contribution in [0.25, 0.3) is 0 Å². The zero-order valence-electron chi connectivity index (χ0n) is 41.0. The molecule has 362 valence electrons. The standard InChI is InChI=1S/C54H94NO7P/c1-6-8-10-12-14-16-18-20-22-24-25-26-27-28-29-30-31-32-33-35-37-39-41-43-45-47-54(56)62-53(52-61-63(57,58)60-50-48-55(3,4)5)51-59-49-46-44-42-40-38-36-34-23-21-19-17-15-13-11-9-7-2/h8,10,14-17,20-23,25-26,28-29,31-32,53H,6-7,9,11-13,18-19,24,27,30,33-52H2,1-5H3/b10-8-,16-14-,17-15-,22-20-,23-21-,26-25-,29-28-,32-31-. The molecule has 0 aliphatic rings. The number of hydrogen-bond donors (Lipinski definition) is 0. The lowest BCUT2D eigenvalue weighted by Gasteiger charge is -2.28. The third-order valence-corrected chi connectivity index (χ3v) is 11.1. The second-order valence-electron chi connectivity index (χ2n) is 17.4. The summed E-state index contributed by atoms with van der Waals surface area (Å²) < 4.78 is 34.7. The Bertz CT molecular complexity index is 1320. The normalized spacial score (nSPS) is 14.4. The topological polar surface area (TPSA) is 94.1 Å². The van der Waals surface area contributed by atoms with Crippen LogP contribution in [0.1, 0.15) is 181 Å². The first-order chi connectivity index (χ1) is 30.6. The van der Waals surface area contributed by atoms with Gasteiger partial charge in [0, 0.05) is 13.0 Å². The number of carbonyl (C=O) groups excluding carboxylic acids is 1. The Balaban J connectivity index is 4.23. The van der Waals surface area contributed by atoms with Crippen LogP contribution in [0.15, 0.2) is 97.2 Å². The van der Waals surface area contributed by atoms with Gasteiger partial charge < -0.3 is 27.9 Å². The first-order valence-corrected chi connectivity index (χ1v) is 26.4. The molecule has 9 heteroatoms. The second kappa shape index (κ2) is 46.0. The lowest BCUT2D eigenvalue weighted by molar-refractivity contribution is -0.870. The van der Waals surface area contributed by atoms with Crippen LogP contribution < -0.4 is 4.89 Å². The molecular formula is C54H94NO7P. The number of esters is 1. The minimum atomic E-state index is -4.54. The van der Waals surface area contributed by atoms with E-state index in [9.17, 15) is 14.3 Å². The Morgan fingerprint density at radius 3 is 1.38 bits per heavy atom. The summed E-state index contributed by atoms with van der Waals surface area (Å²) in [4.78, 5) is 25.2. The predicted octanol–water partition coefficient (Wildman–Crippen LogP) is 14.8. The zero-order chi connectivity index (χ0) is 46.2. The summed E-state index contributed by atoms with van der Waals surface area (Å²) in [5, 5.41) is 0. The molecular weight excluding hydrogens is 806 g/mol. The molecule has 0 fully saturated rings. The molecule has 0 N–H and O–H groups in total. The van der Waals surface area contributed by atoms with Crippen molar-refractivity contribution in [1.82, 2.24) is 0 Å². The Kier molecular flexibility index (Phi) is 44.1. The van der Waals surface area contributed by atoms with E-state index >= 15 is 0 Å². The summed E-state index contributed by atoms with van der Waals surface area (Å²) in [6.45, 7) is 5.21. The average molecular weight is 900 g/mol. The maximum atomic E-state index is 12.7. The fraction of sp³-hybridized carbons (Fsp3) is 0.685. The van der Waals surface area contributed by atoms with Crippen molar-refractivity contribution in [3.05, 3.63) is 97.2 Å². The third-order valence-electron chi connectivity index (χ3n) is 10.1. The van der Waals surface area contributed by atoms with Gasteiger partial charge in [0.2, 0.25) is 0 Å². The quantitative estimate of drug-likeness (QED) is 0.0197. The molecule has 0 aromatic carbocycles. The van der Waals surface area contributed by atoms with Gasteiger partial charge in [-0.3, -0.25) is 9.36 Å². The molecule has 2 unspecified atom stereocenters. The van der Waals surface area contributed by atoms with Crippen LogP contribution in [0, 0.1) is 0 Å². The largest absolute Gasteiger partial charge is 0.756 e. The monoisotopic (exact) mass is 900 g/mol. The zero-order valence-corrected chi connectivity index (χ0v) is 41.9. The van der Waals surface area contributed by atoms with Gasteiger partial charge >= 0.3 is 5.97 Å². The van der Waals surface area contributed by atoms with Crippen LogP contribution >= 0.6 is 7.82 Å². The number of carbonyl (C=O) groups is 1. The molecule has 0 saturated heterocycles. The van der Waals surface area contributed by atoms with Gasteiger partial charge in [0.15, 0.2) is 0 Å². The number of quaternary nitrogens is 1. The molecule has 0 saturated carbocycles. The molecule has 0 spiro atoms. The van der Waals surface area contributed by atoms with Gasteiger partial charge in [-0.05, 0) is 96.3 Å². The van der Waals surface area contributed by atoms with Crippen LogP contribution in [-0.2, 0) is 27.9 Å². The van der Waals surface area contributed by atoms with Crippen molar-refractivity contribution < 1.29 is 37.3 Å². The van der Waals surface area contributed by atoms with Crippen LogP contribution in [0.4, 0.5) is 0 Å². The number of phosphoric acid groups is 1. The molecule has 2 atom stereocenters. The van der Waals surface area contributed by atoms with Crippen molar-refractivity contribution in [1.29, 1.82) is 0 Å². The molecule has 0 amide bonds. The van der Waals surface area contributed by atoms with Crippen LogP contribution in [0.2, 0.25) is 0 Å². The lowest BCUT2D eigenvalue weighted by Crippen LogP contribution is -2.37. The lowest BCUT2D eigenvalue weighted by atomic mass is 10.1. The number of allylic oxidation sites excluding steroid dienone is 16. The fourth-order valence-corrected chi connectivity index (χ4v) is 7.01. The molecule has 0 bridgehead atoms. The van der Waals surface area contributed by atoms with E-state index in [1.165, 1.54) is 57.8 Å². The first-order valence-electron chi connectivity index (χ1n) is 25.0. The molecule has 0 aromatic rings. The van der Waals surface area contributed by atoms with E-state index in [1.54, 1.807) is 0 Å². The molecule has 0 radical (unpaired) electrons. The highest BCUT2D eigenvalue weighted by Crippen LogP contribution is 2.38. The Labute approximate surface area is 387 Å². The van der Waals surface area contributed by atoms with Gasteiger partial charge in [0.25, 0.3) is 7.82 Å². The summed E-state index contributed by atoms with van der Waals surface area (Å²) in [6, 6.07) is 0. The minimum absolute atomic E-state index is 0.0152. The molecule has 8 nitrogen and oxygen atoms in total. The second-order valence-corrected chi connectivity index (χ2v) is 18.8. The summed E-state index contributed by atoms with van der Waals surface area (Å²) in [6.07, 6.45) is 62.8. The number of phosphoric ester groups is 1. The number of rotatable bonds is 45. The van der Waals surface area contributed by atoms with E-state index in [1.807, 2.05) is 21.1 Å².